The standard InChI is InChI=1S/C26H27ClN6O2/c1-25-16-6-7-18(25)26(25,19(16)22(28)34)32-20-17(27)12-29-24-21(20)30-23(31-24)15-4-2-14(3-5-15)13-33-8-10-35-11-9-33/h2-7,12,16,18-19H,8-11,13H2,1H3,(H2,28,34)(H2,29,30,31,32)/t16-,18-,19+,25+,26-/m0/s1. The number of halogens is 1. The maximum Gasteiger partial charge on any atom is 0.223 e. The Morgan fingerprint density at radius 2 is 2.06 bits per heavy atom. The number of nitrogens with one attached hydrogen (secondary N) is 2. The van der Waals surface area contributed by atoms with Crippen molar-refractivity contribution in [3.05, 3.63) is 53.2 Å². The van der Waals surface area contributed by atoms with Gasteiger partial charge in [0.05, 0.1) is 41.6 Å². The second kappa shape index (κ2) is 7.29. The molecule has 2 aromatic heterocycles. The Bertz CT molecular complexity index is 1380. The monoisotopic (exact) mass is 490 g/mol. The zero-order valence-electron chi connectivity index (χ0n) is 19.4. The quantitative estimate of drug-likeness (QED) is 0.458. The third kappa shape index (κ3) is 2.78. The number of rotatable bonds is 6. The lowest BCUT2D eigenvalue weighted by atomic mass is 9.61. The Labute approximate surface area is 207 Å². The van der Waals surface area contributed by atoms with E-state index in [0.29, 0.717) is 10.7 Å². The van der Waals surface area contributed by atoms with Crippen LogP contribution in [-0.2, 0) is 16.1 Å². The summed E-state index contributed by atoms with van der Waals surface area (Å²) in [6, 6.07) is 8.44. The average molecular weight is 491 g/mol. The lowest BCUT2D eigenvalue weighted by molar-refractivity contribution is -0.128. The highest BCUT2D eigenvalue weighted by molar-refractivity contribution is 6.34. The molecular formula is C26H27ClN6O2. The molecule has 180 valence electrons. The van der Waals surface area contributed by atoms with E-state index in [4.69, 9.17) is 27.1 Å². The number of nitrogens with zero attached hydrogens (tertiary/aromatic N) is 3. The van der Waals surface area contributed by atoms with E-state index in [1.54, 1.807) is 6.20 Å². The number of hydrogen-bond donors (Lipinski definition) is 3. The summed E-state index contributed by atoms with van der Waals surface area (Å²) >= 11 is 6.63. The molecule has 0 radical (unpaired) electrons. The van der Waals surface area contributed by atoms with Crippen LogP contribution in [0, 0.1) is 23.2 Å². The number of nitrogens with two attached hydrogens (primary N) is 1. The Morgan fingerprint density at radius 3 is 2.77 bits per heavy atom. The van der Waals surface area contributed by atoms with E-state index < -0.39 is 5.54 Å². The number of aromatic amines is 1. The number of imidazole rings is 1. The lowest BCUT2D eigenvalue weighted by Crippen LogP contribution is -2.59. The summed E-state index contributed by atoms with van der Waals surface area (Å²) in [5.41, 5.74) is 9.69. The minimum atomic E-state index is -0.400. The molecule has 0 bridgehead atoms. The Morgan fingerprint density at radius 1 is 1.29 bits per heavy atom. The van der Waals surface area contributed by atoms with E-state index in [1.165, 1.54) is 5.56 Å². The smallest absolute Gasteiger partial charge is 0.223 e. The summed E-state index contributed by atoms with van der Waals surface area (Å²) in [5.74, 6) is 0.660. The highest BCUT2D eigenvalue weighted by atomic mass is 35.5. The van der Waals surface area contributed by atoms with Crippen molar-refractivity contribution in [1.29, 1.82) is 0 Å². The zero-order valence-corrected chi connectivity index (χ0v) is 20.2. The third-order valence-electron chi connectivity index (χ3n) is 8.85. The molecule has 3 aromatic rings. The number of carbonyl (C=O) groups excluding carboxylic acids is 1. The summed E-state index contributed by atoms with van der Waals surface area (Å²) in [6.07, 6.45) is 5.97. The van der Waals surface area contributed by atoms with Crippen molar-refractivity contribution < 1.29 is 9.53 Å². The minimum Gasteiger partial charge on any atom is -0.379 e. The summed E-state index contributed by atoms with van der Waals surface area (Å²) in [7, 11) is 0. The van der Waals surface area contributed by atoms with Crippen LogP contribution in [0.15, 0.2) is 42.6 Å². The normalized spacial score (nSPS) is 32.9. The maximum atomic E-state index is 12.3. The molecule has 3 heterocycles. The molecule has 1 aliphatic heterocycles. The van der Waals surface area contributed by atoms with Crippen LogP contribution in [-0.4, -0.2) is 57.6 Å². The van der Waals surface area contributed by atoms with Crippen molar-refractivity contribution in [2.24, 2.45) is 28.9 Å². The number of carbonyl (C=O) groups is 1. The van der Waals surface area contributed by atoms with Crippen LogP contribution < -0.4 is 11.1 Å². The molecule has 35 heavy (non-hydrogen) atoms. The minimum absolute atomic E-state index is 0.00914. The van der Waals surface area contributed by atoms with Crippen LogP contribution in [0.1, 0.15) is 12.5 Å². The predicted octanol–water partition coefficient (Wildman–Crippen LogP) is 3.20. The second-order valence-electron chi connectivity index (χ2n) is 10.4. The van der Waals surface area contributed by atoms with E-state index in [0.717, 1.165) is 55.4 Å². The van der Waals surface area contributed by atoms with Gasteiger partial charge >= 0.3 is 0 Å². The summed E-state index contributed by atoms with van der Waals surface area (Å²) < 4.78 is 5.44. The first-order valence-corrected chi connectivity index (χ1v) is 12.5. The van der Waals surface area contributed by atoms with Crippen LogP contribution in [0.3, 0.4) is 0 Å². The number of allylic oxidation sites excluding steroid dienone is 1. The molecule has 2 saturated carbocycles. The number of amides is 1. The van der Waals surface area contributed by atoms with E-state index >= 15 is 0 Å². The molecule has 1 saturated heterocycles. The molecule has 4 aliphatic rings. The van der Waals surface area contributed by atoms with Crippen LogP contribution in [0.25, 0.3) is 22.6 Å². The highest BCUT2D eigenvalue weighted by Crippen LogP contribution is 2.85. The van der Waals surface area contributed by atoms with Gasteiger partial charge in [0.1, 0.15) is 11.3 Å². The van der Waals surface area contributed by atoms with Gasteiger partial charge in [0, 0.05) is 36.5 Å². The van der Waals surface area contributed by atoms with Gasteiger partial charge in [-0.15, -0.1) is 0 Å². The van der Waals surface area contributed by atoms with Crippen LogP contribution >= 0.6 is 11.6 Å². The summed E-state index contributed by atoms with van der Waals surface area (Å²) in [5, 5.41) is 4.14. The number of pyridine rings is 1. The first-order valence-electron chi connectivity index (χ1n) is 12.1. The van der Waals surface area contributed by atoms with E-state index in [-0.39, 0.29) is 29.1 Å². The second-order valence-corrected chi connectivity index (χ2v) is 10.8. The number of H-pyrrole nitrogens is 1. The number of primary amides is 1. The van der Waals surface area contributed by atoms with Gasteiger partial charge in [-0.1, -0.05) is 54.9 Å². The number of morpholine rings is 1. The SMILES string of the molecule is C[C@@]12[C@H]3C=C[C@@H]1[C@]2(Nc1c(Cl)cnc2nc(-c4ccc(CN5CCOCC5)cc4)[nH]c12)[C@H]3C(N)=O. The zero-order chi connectivity index (χ0) is 23.9. The molecule has 1 amide bonds. The predicted molar refractivity (Wildman–Crippen MR) is 134 cm³/mol. The Kier molecular flexibility index (Phi) is 4.45. The molecule has 0 unspecified atom stereocenters. The van der Waals surface area contributed by atoms with Gasteiger partial charge in [-0.2, -0.15) is 0 Å². The first kappa shape index (κ1) is 21.4. The molecule has 3 fully saturated rings. The lowest BCUT2D eigenvalue weighted by Gasteiger charge is -2.48. The van der Waals surface area contributed by atoms with Crippen LogP contribution in [0.2, 0.25) is 5.02 Å². The number of ether oxygens (including phenoxy) is 1. The average Bonchev–Trinajstić information content (AvgIpc) is 3.20. The van der Waals surface area contributed by atoms with Gasteiger partial charge in [-0.05, 0) is 11.5 Å². The fourth-order valence-corrected chi connectivity index (χ4v) is 7.21. The van der Waals surface area contributed by atoms with Crippen molar-refractivity contribution >= 4 is 34.4 Å². The van der Waals surface area contributed by atoms with Gasteiger partial charge in [0.15, 0.2) is 5.65 Å². The van der Waals surface area contributed by atoms with Gasteiger partial charge < -0.3 is 20.8 Å². The molecule has 4 N–H and O–H groups in total. The van der Waals surface area contributed by atoms with Crippen molar-refractivity contribution in [2.45, 2.75) is 19.0 Å². The molecule has 8 nitrogen and oxygen atoms in total. The summed E-state index contributed by atoms with van der Waals surface area (Å²) in [6.45, 7) is 6.64. The summed E-state index contributed by atoms with van der Waals surface area (Å²) in [4.78, 5) is 27.3. The first-order chi connectivity index (χ1) is 16.9. The van der Waals surface area contributed by atoms with Crippen molar-refractivity contribution in [3.63, 3.8) is 0 Å². The Balaban J connectivity index is 1.19. The number of benzene rings is 1. The number of aromatic nitrogens is 3. The van der Waals surface area contributed by atoms with E-state index in [1.807, 2.05) is 0 Å². The molecule has 0 spiro atoms. The molecule has 3 aliphatic carbocycles. The largest absolute Gasteiger partial charge is 0.379 e. The highest BCUT2D eigenvalue weighted by Gasteiger charge is 2.91. The van der Waals surface area contributed by atoms with Crippen molar-refractivity contribution in [2.75, 3.05) is 31.6 Å². The molecule has 9 heteroatoms. The molecular weight excluding hydrogens is 464 g/mol. The molecule has 5 atom stereocenters. The van der Waals surface area contributed by atoms with Crippen LogP contribution in [0.4, 0.5) is 5.69 Å². The third-order valence-corrected chi connectivity index (χ3v) is 9.13. The maximum absolute atomic E-state index is 12.3. The number of hydrogen-bond acceptors (Lipinski definition) is 6. The number of fused-ring (bicyclic) bond motifs is 2. The molecule has 1 aromatic carbocycles. The number of anilines is 1. The van der Waals surface area contributed by atoms with Gasteiger partial charge in [0.25, 0.3) is 0 Å². The van der Waals surface area contributed by atoms with Gasteiger partial charge in [-0.3, -0.25) is 9.69 Å². The van der Waals surface area contributed by atoms with Gasteiger partial charge in [-0.25, -0.2) is 9.97 Å². The van der Waals surface area contributed by atoms with E-state index in [2.05, 4.69) is 63.5 Å². The van der Waals surface area contributed by atoms with Gasteiger partial charge in [0.2, 0.25) is 5.91 Å². The Hall–Kier alpha value is -2.94. The topological polar surface area (TPSA) is 109 Å². The van der Waals surface area contributed by atoms with Crippen LogP contribution in [0.5, 0.6) is 0 Å². The van der Waals surface area contributed by atoms with E-state index in [9.17, 15) is 4.79 Å². The van der Waals surface area contributed by atoms with Crippen molar-refractivity contribution in [3.8, 4) is 11.4 Å². The fourth-order valence-electron chi connectivity index (χ4n) is 7.02. The molecule has 7 rings (SSSR count). The van der Waals surface area contributed by atoms with Crippen molar-refractivity contribution in [1.82, 2.24) is 19.9 Å². The fraction of sp³-hybridized carbons (Fsp3) is 0.423.